The molecule has 2 aromatic carbocycles. The Balaban J connectivity index is 2.19. The summed E-state index contributed by atoms with van der Waals surface area (Å²) in [5.41, 5.74) is 6.11. The van der Waals surface area contributed by atoms with E-state index in [0.29, 0.717) is 11.6 Å². The molecule has 2 aromatic rings. The average Bonchev–Trinajstić information content (AvgIpc) is 2.61. The van der Waals surface area contributed by atoms with Crippen LogP contribution in [-0.2, 0) is 14.8 Å². The van der Waals surface area contributed by atoms with Gasteiger partial charge in [-0.2, -0.15) is 0 Å². The lowest BCUT2D eigenvalue weighted by Gasteiger charge is -2.24. The van der Waals surface area contributed by atoms with Gasteiger partial charge >= 0.3 is 0 Å². The summed E-state index contributed by atoms with van der Waals surface area (Å²) in [5, 5.41) is 2.94. The number of carbonyl (C=O) groups excluding carboxylic acids is 1. The third-order valence-electron chi connectivity index (χ3n) is 5.26. The van der Waals surface area contributed by atoms with Crippen LogP contribution in [0.15, 0.2) is 36.4 Å². The van der Waals surface area contributed by atoms with Gasteiger partial charge in [0.05, 0.1) is 18.0 Å². The minimum Gasteiger partial charge on any atom is -0.348 e. The molecule has 0 radical (unpaired) electrons. The predicted molar refractivity (Wildman–Crippen MR) is 120 cm³/mol. The molecule has 0 unspecified atom stereocenters. The Labute approximate surface area is 175 Å². The number of nitrogens with zero attached hydrogens (tertiary/aromatic N) is 1. The standard InChI is InChI=1S/C23H32N2O3S/c1-15(2)20-8-10-21(11-9-20)25(29(7,27)28)14-23(26)24-19(6)22-13-17(4)16(3)12-18(22)5/h8-13,15,19H,14H2,1-7H3,(H,24,26)/t19-/m1/s1. The van der Waals surface area contributed by atoms with Crippen LogP contribution in [-0.4, -0.2) is 27.1 Å². The van der Waals surface area contributed by atoms with Crippen LogP contribution in [0.4, 0.5) is 5.69 Å². The topological polar surface area (TPSA) is 66.5 Å². The molecule has 5 nitrogen and oxygen atoms in total. The molecule has 0 fully saturated rings. The normalized spacial score (nSPS) is 12.7. The molecule has 0 bridgehead atoms. The van der Waals surface area contributed by atoms with Gasteiger partial charge in [-0.15, -0.1) is 0 Å². The van der Waals surface area contributed by atoms with Crippen LogP contribution in [0, 0.1) is 20.8 Å². The Morgan fingerprint density at radius 1 is 0.966 bits per heavy atom. The molecule has 158 valence electrons. The molecule has 0 spiro atoms. The predicted octanol–water partition coefficient (Wildman–Crippen LogP) is 4.38. The van der Waals surface area contributed by atoms with E-state index in [1.54, 1.807) is 12.1 Å². The quantitative estimate of drug-likeness (QED) is 0.728. The molecule has 0 aromatic heterocycles. The van der Waals surface area contributed by atoms with Crippen LogP contribution in [0.2, 0.25) is 0 Å². The van der Waals surface area contributed by atoms with Crippen molar-refractivity contribution >= 4 is 21.6 Å². The summed E-state index contributed by atoms with van der Waals surface area (Å²) >= 11 is 0. The minimum absolute atomic E-state index is 0.216. The van der Waals surface area contributed by atoms with E-state index in [1.807, 2.05) is 32.9 Å². The number of carbonyl (C=O) groups is 1. The van der Waals surface area contributed by atoms with Gasteiger partial charge in [-0.05, 0) is 73.6 Å². The molecule has 2 rings (SSSR count). The van der Waals surface area contributed by atoms with Gasteiger partial charge in [-0.25, -0.2) is 8.42 Å². The smallest absolute Gasteiger partial charge is 0.241 e. The van der Waals surface area contributed by atoms with E-state index in [2.05, 4.69) is 38.2 Å². The molecule has 0 heterocycles. The number of anilines is 1. The highest BCUT2D eigenvalue weighted by Crippen LogP contribution is 2.23. The summed E-state index contributed by atoms with van der Waals surface area (Å²) in [5.74, 6) is 0.00887. The molecule has 0 aliphatic carbocycles. The summed E-state index contributed by atoms with van der Waals surface area (Å²) in [6, 6.07) is 11.3. The van der Waals surface area contributed by atoms with Crippen LogP contribution >= 0.6 is 0 Å². The fraction of sp³-hybridized carbons (Fsp3) is 0.435. The van der Waals surface area contributed by atoms with Gasteiger partial charge in [0.1, 0.15) is 6.54 Å². The molecule has 6 heteroatoms. The van der Waals surface area contributed by atoms with E-state index in [9.17, 15) is 13.2 Å². The number of benzene rings is 2. The summed E-state index contributed by atoms with van der Waals surface area (Å²) < 4.78 is 25.8. The van der Waals surface area contributed by atoms with Crippen molar-refractivity contribution in [1.82, 2.24) is 5.32 Å². The van der Waals surface area contributed by atoms with Crippen molar-refractivity contribution < 1.29 is 13.2 Å². The highest BCUT2D eigenvalue weighted by molar-refractivity contribution is 7.92. The van der Waals surface area contributed by atoms with Gasteiger partial charge in [0, 0.05) is 0 Å². The second-order valence-electron chi connectivity index (χ2n) is 8.10. The molecule has 1 N–H and O–H groups in total. The maximum Gasteiger partial charge on any atom is 0.241 e. The first-order valence-electron chi connectivity index (χ1n) is 9.85. The summed E-state index contributed by atoms with van der Waals surface area (Å²) in [7, 11) is -3.59. The maximum absolute atomic E-state index is 12.7. The van der Waals surface area contributed by atoms with Crippen molar-refractivity contribution in [2.24, 2.45) is 0 Å². The van der Waals surface area contributed by atoms with Gasteiger partial charge in [0.15, 0.2) is 0 Å². The molecular weight excluding hydrogens is 384 g/mol. The Bertz CT molecular complexity index is 980. The number of hydrogen-bond donors (Lipinski definition) is 1. The lowest BCUT2D eigenvalue weighted by atomic mass is 9.96. The van der Waals surface area contributed by atoms with E-state index >= 15 is 0 Å². The van der Waals surface area contributed by atoms with Gasteiger partial charge in [-0.1, -0.05) is 38.1 Å². The second kappa shape index (κ2) is 8.99. The SMILES string of the molecule is Cc1cc(C)c([C@@H](C)NC(=O)CN(c2ccc(C(C)C)cc2)S(C)(=O)=O)cc1C. The monoisotopic (exact) mass is 416 g/mol. The lowest BCUT2D eigenvalue weighted by Crippen LogP contribution is -2.41. The zero-order valence-corrected chi connectivity index (χ0v) is 19.2. The molecular formula is C23H32N2O3S. The molecule has 1 amide bonds. The number of amides is 1. The third kappa shape index (κ3) is 5.82. The first kappa shape index (κ1) is 22.9. The lowest BCUT2D eigenvalue weighted by molar-refractivity contribution is -0.120. The van der Waals surface area contributed by atoms with Crippen molar-refractivity contribution in [3.05, 3.63) is 64.2 Å². The van der Waals surface area contributed by atoms with Gasteiger partial charge in [-0.3, -0.25) is 9.10 Å². The number of rotatable bonds is 7. The first-order chi connectivity index (χ1) is 13.4. The Morgan fingerprint density at radius 3 is 2.03 bits per heavy atom. The Morgan fingerprint density at radius 2 is 1.52 bits per heavy atom. The number of hydrogen-bond acceptors (Lipinski definition) is 3. The maximum atomic E-state index is 12.7. The van der Waals surface area contributed by atoms with Crippen molar-refractivity contribution in [3.8, 4) is 0 Å². The second-order valence-corrected chi connectivity index (χ2v) is 10.0. The summed E-state index contributed by atoms with van der Waals surface area (Å²) in [4.78, 5) is 12.7. The Kier molecular flexibility index (Phi) is 7.11. The fourth-order valence-electron chi connectivity index (χ4n) is 3.37. The van der Waals surface area contributed by atoms with Crippen molar-refractivity contribution in [2.75, 3.05) is 17.1 Å². The van der Waals surface area contributed by atoms with Crippen molar-refractivity contribution in [2.45, 2.75) is 53.5 Å². The largest absolute Gasteiger partial charge is 0.348 e. The van der Waals surface area contributed by atoms with Crippen LogP contribution in [0.3, 0.4) is 0 Å². The van der Waals surface area contributed by atoms with Crippen LogP contribution < -0.4 is 9.62 Å². The zero-order chi connectivity index (χ0) is 21.9. The van der Waals surface area contributed by atoms with E-state index in [1.165, 1.54) is 5.56 Å². The van der Waals surface area contributed by atoms with Crippen molar-refractivity contribution in [1.29, 1.82) is 0 Å². The van der Waals surface area contributed by atoms with Gasteiger partial charge < -0.3 is 5.32 Å². The zero-order valence-electron chi connectivity index (χ0n) is 18.4. The van der Waals surface area contributed by atoms with Gasteiger partial charge in [0.2, 0.25) is 15.9 Å². The van der Waals surface area contributed by atoms with Gasteiger partial charge in [0.25, 0.3) is 0 Å². The summed E-state index contributed by atoms with van der Waals surface area (Å²) in [6.07, 6.45) is 1.12. The van der Waals surface area contributed by atoms with Crippen molar-refractivity contribution in [3.63, 3.8) is 0 Å². The van der Waals surface area contributed by atoms with E-state index in [0.717, 1.165) is 32.8 Å². The Hall–Kier alpha value is -2.34. The van der Waals surface area contributed by atoms with Crippen LogP contribution in [0.25, 0.3) is 0 Å². The fourth-order valence-corrected chi connectivity index (χ4v) is 4.23. The molecule has 0 saturated carbocycles. The third-order valence-corrected chi connectivity index (χ3v) is 6.40. The molecule has 1 atom stereocenters. The van der Waals surface area contributed by atoms with E-state index in [4.69, 9.17) is 0 Å². The molecule has 0 aliphatic heterocycles. The van der Waals surface area contributed by atoms with E-state index < -0.39 is 10.0 Å². The summed E-state index contributed by atoms with van der Waals surface area (Å²) in [6.45, 7) is 11.9. The molecule has 0 aliphatic rings. The molecule has 29 heavy (non-hydrogen) atoms. The van der Waals surface area contributed by atoms with Crippen LogP contribution in [0.1, 0.15) is 60.5 Å². The highest BCUT2D eigenvalue weighted by atomic mass is 32.2. The average molecular weight is 417 g/mol. The number of aryl methyl sites for hydroxylation is 3. The van der Waals surface area contributed by atoms with E-state index in [-0.39, 0.29) is 18.5 Å². The first-order valence-corrected chi connectivity index (χ1v) is 11.7. The number of sulfonamides is 1. The minimum atomic E-state index is -3.59. The van der Waals surface area contributed by atoms with Crippen LogP contribution in [0.5, 0.6) is 0 Å². The highest BCUT2D eigenvalue weighted by Gasteiger charge is 2.22. The number of nitrogens with one attached hydrogen (secondary N) is 1. The molecule has 0 saturated heterocycles.